The number of methoxy groups -OCH3 is 1. The third-order valence-electron chi connectivity index (χ3n) is 3.17. The van der Waals surface area contributed by atoms with E-state index < -0.39 is 0 Å². The first kappa shape index (κ1) is 12.0. The number of ether oxygens (including phenoxy) is 2. The summed E-state index contributed by atoms with van der Waals surface area (Å²) in [6, 6.07) is 5.91. The summed E-state index contributed by atoms with van der Waals surface area (Å²) in [5.41, 5.74) is 7.63. The Balaban J connectivity index is 2.32. The molecule has 4 heteroatoms. The lowest BCUT2D eigenvalue weighted by molar-refractivity contribution is 0.0644. The van der Waals surface area contributed by atoms with Gasteiger partial charge in [0.15, 0.2) is 0 Å². The fourth-order valence-corrected chi connectivity index (χ4v) is 2.20. The van der Waals surface area contributed by atoms with Gasteiger partial charge in [0.05, 0.1) is 31.5 Å². The van der Waals surface area contributed by atoms with Crippen molar-refractivity contribution in [3.8, 4) is 5.75 Å². The first-order valence-corrected chi connectivity index (χ1v) is 5.83. The predicted molar refractivity (Wildman–Crippen MR) is 69.7 cm³/mol. The van der Waals surface area contributed by atoms with Gasteiger partial charge in [0.2, 0.25) is 0 Å². The number of nitrogens with zero attached hydrogens (tertiary/aromatic N) is 1. The molecule has 4 nitrogen and oxygen atoms in total. The molecule has 0 radical (unpaired) electrons. The normalized spacial score (nSPS) is 19.1. The maximum Gasteiger partial charge on any atom is 0.143 e. The van der Waals surface area contributed by atoms with Crippen LogP contribution in [-0.4, -0.2) is 32.4 Å². The first-order chi connectivity index (χ1) is 8.04. The van der Waals surface area contributed by atoms with Crippen molar-refractivity contribution in [1.82, 2.24) is 0 Å². The molecule has 0 spiro atoms. The van der Waals surface area contributed by atoms with Gasteiger partial charge < -0.3 is 20.1 Å². The molecule has 1 heterocycles. The monoisotopic (exact) mass is 236 g/mol. The lowest BCUT2D eigenvalue weighted by Gasteiger charge is -2.43. The highest BCUT2D eigenvalue weighted by Crippen LogP contribution is 2.32. The van der Waals surface area contributed by atoms with E-state index in [2.05, 4.69) is 18.7 Å². The zero-order valence-electron chi connectivity index (χ0n) is 10.7. The molecule has 0 amide bonds. The van der Waals surface area contributed by atoms with Crippen LogP contribution in [0.25, 0.3) is 0 Å². The molecule has 0 saturated carbocycles. The van der Waals surface area contributed by atoms with Crippen molar-refractivity contribution in [2.75, 3.05) is 37.5 Å². The van der Waals surface area contributed by atoms with Gasteiger partial charge in [0.1, 0.15) is 5.75 Å². The van der Waals surface area contributed by atoms with E-state index in [-0.39, 0.29) is 5.54 Å². The highest BCUT2D eigenvalue weighted by molar-refractivity contribution is 5.63. The average Bonchev–Trinajstić information content (AvgIpc) is 2.30. The van der Waals surface area contributed by atoms with Gasteiger partial charge in [-0.1, -0.05) is 0 Å². The van der Waals surface area contributed by atoms with Crippen molar-refractivity contribution in [3.63, 3.8) is 0 Å². The largest absolute Gasteiger partial charge is 0.495 e. The van der Waals surface area contributed by atoms with Gasteiger partial charge in [-0.15, -0.1) is 0 Å². The van der Waals surface area contributed by atoms with E-state index in [9.17, 15) is 0 Å². The van der Waals surface area contributed by atoms with Crippen LogP contribution in [0.2, 0.25) is 0 Å². The molecule has 1 saturated heterocycles. The Kier molecular flexibility index (Phi) is 3.15. The summed E-state index contributed by atoms with van der Waals surface area (Å²) in [4.78, 5) is 2.33. The van der Waals surface area contributed by atoms with Gasteiger partial charge in [0, 0.05) is 18.3 Å². The molecule has 1 aliphatic heterocycles. The summed E-state index contributed by atoms with van der Waals surface area (Å²) in [6.45, 7) is 6.74. The van der Waals surface area contributed by atoms with Crippen LogP contribution in [0.15, 0.2) is 18.2 Å². The van der Waals surface area contributed by atoms with Gasteiger partial charge in [-0.25, -0.2) is 0 Å². The van der Waals surface area contributed by atoms with Gasteiger partial charge in [-0.2, -0.15) is 0 Å². The second-order valence-electron chi connectivity index (χ2n) is 4.94. The Hall–Kier alpha value is -1.42. The number of hydrogen-bond acceptors (Lipinski definition) is 4. The van der Waals surface area contributed by atoms with E-state index in [4.69, 9.17) is 15.2 Å². The smallest absolute Gasteiger partial charge is 0.143 e. The molecular formula is C13H20N2O2. The Morgan fingerprint density at radius 1 is 1.41 bits per heavy atom. The topological polar surface area (TPSA) is 47.7 Å². The molecular weight excluding hydrogens is 216 g/mol. The van der Waals surface area contributed by atoms with E-state index in [0.717, 1.165) is 31.2 Å². The van der Waals surface area contributed by atoms with Crippen LogP contribution in [0, 0.1) is 0 Å². The lowest BCUT2D eigenvalue weighted by Crippen LogP contribution is -2.53. The van der Waals surface area contributed by atoms with Crippen LogP contribution in [0.1, 0.15) is 13.8 Å². The SMILES string of the molecule is COc1cc(N2CCOCC2(C)C)ccc1N. The lowest BCUT2D eigenvalue weighted by atomic mass is 10.0. The number of benzene rings is 1. The quantitative estimate of drug-likeness (QED) is 0.797. The van der Waals surface area contributed by atoms with Crippen LogP contribution >= 0.6 is 0 Å². The van der Waals surface area contributed by atoms with Crippen molar-refractivity contribution in [3.05, 3.63) is 18.2 Å². The van der Waals surface area contributed by atoms with Crippen LogP contribution in [0.4, 0.5) is 11.4 Å². The summed E-state index contributed by atoms with van der Waals surface area (Å²) >= 11 is 0. The minimum absolute atomic E-state index is 0.000618. The maximum absolute atomic E-state index is 5.83. The van der Waals surface area contributed by atoms with Gasteiger partial charge >= 0.3 is 0 Å². The summed E-state index contributed by atoms with van der Waals surface area (Å²) in [6.07, 6.45) is 0. The van der Waals surface area contributed by atoms with Crippen molar-refractivity contribution >= 4 is 11.4 Å². The zero-order valence-corrected chi connectivity index (χ0v) is 10.7. The summed E-state index contributed by atoms with van der Waals surface area (Å²) in [5.74, 6) is 0.727. The highest BCUT2D eigenvalue weighted by Gasteiger charge is 2.30. The number of anilines is 2. The average molecular weight is 236 g/mol. The molecule has 17 heavy (non-hydrogen) atoms. The van der Waals surface area contributed by atoms with Gasteiger partial charge in [-0.3, -0.25) is 0 Å². The fraction of sp³-hybridized carbons (Fsp3) is 0.538. The summed E-state index contributed by atoms with van der Waals surface area (Å²) in [7, 11) is 1.64. The minimum Gasteiger partial charge on any atom is -0.495 e. The van der Waals surface area contributed by atoms with E-state index in [1.54, 1.807) is 7.11 Å². The standard InChI is InChI=1S/C13H20N2O2/c1-13(2)9-17-7-6-15(13)10-4-5-11(14)12(8-10)16-3/h4-5,8H,6-7,9,14H2,1-3H3. The van der Waals surface area contributed by atoms with Crippen molar-refractivity contribution in [1.29, 1.82) is 0 Å². The molecule has 0 atom stereocenters. The van der Waals surface area contributed by atoms with Crippen molar-refractivity contribution in [2.45, 2.75) is 19.4 Å². The molecule has 2 N–H and O–H groups in total. The van der Waals surface area contributed by atoms with Crippen LogP contribution < -0.4 is 15.4 Å². The van der Waals surface area contributed by atoms with Crippen LogP contribution in [-0.2, 0) is 4.74 Å². The first-order valence-electron chi connectivity index (χ1n) is 5.83. The number of hydrogen-bond donors (Lipinski definition) is 1. The molecule has 0 aromatic heterocycles. The highest BCUT2D eigenvalue weighted by atomic mass is 16.5. The molecule has 94 valence electrons. The minimum atomic E-state index is -0.000618. The molecule has 0 aliphatic carbocycles. The Morgan fingerprint density at radius 2 is 2.18 bits per heavy atom. The van der Waals surface area contributed by atoms with E-state index in [1.165, 1.54) is 0 Å². The second kappa shape index (κ2) is 4.45. The van der Waals surface area contributed by atoms with E-state index in [0.29, 0.717) is 5.69 Å². The maximum atomic E-state index is 5.83. The molecule has 1 aromatic carbocycles. The predicted octanol–water partition coefficient (Wildman–Crippen LogP) is 1.89. The fourth-order valence-electron chi connectivity index (χ4n) is 2.20. The molecule has 0 bridgehead atoms. The number of nitrogens with two attached hydrogens (primary N) is 1. The summed E-state index contributed by atoms with van der Waals surface area (Å²) < 4.78 is 10.8. The van der Waals surface area contributed by atoms with Crippen LogP contribution in [0.3, 0.4) is 0 Å². The van der Waals surface area contributed by atoms with Crippen molar-refractivity contribution < 1.29 is 9.47 Å². The number of nitrogen functional groups attached to an aromatic ring is 1. The van der Waals surface area contributed by atoms with E-state index >= 15 is 0 Å². The van der Waals surface area contributed by atoms with Crippen molar-refractivity contribution in [2.24, 2.45) is 0 Å². The molecule has 1 aromatic rings. The Labute approximate surface area is 102 Å². The summed E-state index contributed by atoms with van der Waals surface area (Å²) in [5, 5.41) is 0. The second-order valence-corrected chi connectivity index (χ2v) is 4.94. The molecule has 1 fully saturated rings. The third kappa shape index (κ3) is 2.31. The van der Waals surface area contributed by atoms with Gasteiger partial charge in [-0.05, 0) is 26.0 Å². The zero-order chi connectivity index (χ0) is 12.5. The number of rotatable bonds is 2. The van der Waals surface area contributed by atoms with Crippen LogP contribution in [0.5, 0.6) is 5.75 Å². The molecule has 0 unspecified atom stereocenters. The Bertz CT molecular complexity index is 404. The number of morpholine rings is 1. The van der Waals surface area contributed by atoms with E-state index in [1.807, 2.05) is 18.2 Å². The molecule has 1 aliphatic rings. The third-order valence-corrected chi connectivity index (χ3v) is 3.17. The Morgan fingerprint density at radius 3 is 2.82 bits per heavy atom. The van der Waals surface area contributed by atoms with Gasteiger partial charge in [0.25, 0.3) is 0 Å². The molecule has 2 rings (SSSR count).